The fraction of sp³-hybridized carbons (Fsp3) is 0.100. The molecule has 0 radical (unpaired) electrons. The van der Waals surface area contributed by atoms with Crippen LogP contribution >= 0.6 is 12.4 Å². The topological polar surface area (TPSA) is 12.0 Å². The van der Waals surface area contributed by atoms with E-state index in [-0.39, 0.29) is 12.4 Å². The van der Waals surface area contributed by atoms with Crippen LogP contribution in [0.25, 0.3) is 32.3 Å². The van der Waals surface area contributed by atoms with E-state index in [2.05, 4.69) is 66.5 Å². The van der Waals surface area contributed by atoms with Crippen LogP contribution in [0.2, 0.25) is 0 Å². The molecule has 0 atom stereocenters. The SMILES string of the molecule is C=CCNCc1ccc2ccc3cccc4ccc1c2c34.Cl. The lowest BCUT2D eigenvalue weighted by Crippen LogP contribution is -2.12. The highest BCUT2D eigenvalue weighted by atomic mass is 35.5. The van der Waals surface area contributed by atoms with E-state index in [1.807, 2.05) is 6.08 Å². The smallest absolute Gasteiger partial charge is 0.0214 e. The molecule has 0 aromatic heterocycles. The van der Waals surface area contributed by atoms with Crippen LogP contribution in [0.1, 0.15) is 5.56 Å². The van der Waals surface area contributed by atoms with Crippen LogP contribution in [0.5, 0.6) is 0 Å². The summed E-state index contributed by atoms with van der Waals surface area (Å²) in [7, 11) is 0. The van der Waals surface area contributed by atoms with Crippen LogP contribution in [0.4, 0.5) is 0 Å². The molecule has 2 heteroatoms. The molecular weight excluding hydrogens is 290 g/mol. The van der Waals surface area contributed by atoms with E-state index < -0.39 is 0 Å². The first-order valence-corrected chi connectivity index (χ1v) is 7.35. The van der Waals surface area contributed by atoms with Crippen molar-refractivity contribution in [1.29, 1.82) is 0 Å². The van der Waals surface area contributed by atoms with Gasteiger partial charge in [0.2, 0.25) is 0 Å². The molecule has 0 heterocycles. The van der Waals surface area contributed by atoms with Gasteiger partial charge in [0.25, 0.3) is 0 Å². The predicted octanol–water partition coefficient (Wildman–Crippen LogP) is 5.28. The Morgan fingerprint density at radius 1 is 0.818 bits per heavy atom. The molecule has 0 aliphatic carbocycles. The Hall–Kier alpha value is -2.09. The first-order valence-electron chi connectivity index (χ1n) is 7.35. The molecule has 0 aliphatic rings. The van der Waals surface area contributed by atoms with Crippen LogP contribution in [0.15, 0.2) is 67.3 Å². The lowest BCUT2D eigenvalue weighted by Gasteiger charge is -2.14. The molecule has 22 heavy (non-hydrogen) atoms. The van der Waals surface area contributed by atoms with Gasteiger partial charge in [-0.3, -0.25) is 0 Å². The van der Waals surface area contributed by atoms with Crippen LogP contribution in [0, 0.1) is 0 Å². The third-order valence-electron chi connectivity index (χ3n) is 4.22. The van der Waals surface area contributed by atoms with Crippen molar-refractivity contribution in [2.45, 2.75) is 6.54 Å². The summed E-state index contributed by atoms with van der Waals surface area (Å²) in [4.78, 5) is 0. The summed E-state index contributed by atoms with van der Waals surface area (Å²) >= 11 is 0. The number of rotatable bonds is 4. The minimum absolute atomic E-state index is 0. The fourth-order valence-electron chi connectivity index (χ4n) is 3.26. The highest BCUT2D eigenvalue weighted by molar-refractivity contribution is 6.23. The van der Waals surface area contributed by atoms with Crippen molar-refractivity contribution in [3.63, 3.8) is 0 Å². The van der Waals surface area contributed by atoms with E-state index in [9.17, 15) is 0 Å². The molecule has 0 saturated heterocycles. The van der Waals surface area contributed by atoms with Crippen molar-refractivity contribution >= 4 is 44.7 Å². The Morgan fingerprint density at radius 2 is 1.45 bits per heavy atom. The first kappa shape index (κ1) is 14.8. The Bertz CT molecular complexity index is 926. The predicted molar refractivity (Wildman–Crippen MR) is 99.3 cm³/mol. The Kier molecular flexibility index (Phi) is 4.02. The van der Waals surface area contributed by atoms with Gasteiger partial charge in [-0.2, -0.15) is 0 Å². The fourth-order valence-corrected chi connectivity index (χ4v) is 3.26. The number of hydrogen-bond donors (Lipinski definition) is 1. The molecule has 0 unspecified atom stereocenters. The van der Waals surface area contributed by atoms with E-state index in [1.165, 1.54) is 37.9 Å². The van der Waals surface area contributed by atoms with Gasteiger partial charge < -0.3 is 5.32 Å². The van der Waals surface area contributed by atoms with E-state index in [0.717, 1.165) is 13.1 Å². The summed E-state index contributed by atoms with van der Waals surface area (Å²) in [5, 5.41) is 11.5. The van der Waals surface area contributed by atoms with Crippen LogP contribution in [-0.4, -0.2) is 6.54 Å². The Balaban J connectivity index is 0.00000144. The highest BCUT2D eigenvalue weighted by Crippen LogP contribution is 2.35. The van der Waals surface area contributed by atoms with Crippen molar-refractivity contribution in [3.05, 3.63) is 72.8 Å². The van der Waals surface area contributed by atoms with E-state index in [1.54, 1.807) is 0 Å². The monoisotopic (exact) mass is 307 g/mol. The molecule has 1 N–H and O–H groups in total. The molecule has 110 valence electrons. The lowest BCUT2D eigenvalue weighted by molar-refractivity contribution is 0.765. The maximum absolute atomic E-state index is 3.76. The third kappa shape index (κ3) is 2.23. The van der Waals surface area contributed by atoms with Crippen LogP contribution < -0.4 is 5.32 Å². The van der Waals surface area contributed by atoms with Gasteiger partial charge in [-0.1, -0.05) is 60.7 Å². The number of hydrogen-bond acceptors (Lipinski definition) is 1. The summed E-state index contributed by atoms with van der Waals surface area (Å²) in [6.07, 6.45) is 1.90. The van der Waals surface area contributed by atoms with Crippen molar-refractivity contribution in [2.75, 3.05) is 6.54 Å². The third-order valence-corrected chi connectivity index (χ3v) is 4.22. The molecule has 0 bridgehead atoms. The molecule has 1 nitrogen and oxygen atoms in total. The van der Waals surface area contributed by atoms with Gasteiger partial charge in [-0.05, 0) is 37.9 Å². The van der Waals surface area contributed by atoms with Gasteiger partial charge in [0, 0.05) is 13.1 Å². The van der Waals surface area contributed by atoms with E-state index in [4.69, 9.17) is 0 Å². The summed E-state index contributed by atoms with van der Waals surface area (Å²) < 4.78 is 0. The molecular formula is C20H18ClN. The lowest BCUT2D eigenvalue weighted by atomic mass is 9.92. The minimum Gasteiger partial charge on any atom is -0.309 e. The Labute approximate surface area is 136 Å². The van der Waals surface area contributed by atoms with Crippen LogP contribution in [-0.2, 0) is 6.54 Å². The van der Waals surface area contributed by atoms with Gasteiger partial charge in [0.05, 0.1) is 0 Å². The highest BCUT2D eigenvalue weighted by Gasteiger charge is 2.09. The van der Waals surface area contributed by atoms with Crippen molar-refractivity contribution < 1.29 is 0 Å². The first-order chi connectivity index (χ1) is 10.4. The average molecular weight is 308 g/mol. The van der Waals surface area contributed by atoms with Gasteiger partial charge in [0.15, 0.2) is 0 Å². The van der Waals surface area contributed by atoms with E-state index >= 15 is 0 Å². The Morgan fingerprint density at radius 3 is 2.18 bits per heavy atom. The van der Waals surface area contributed by atoms with Gasteiger partial charge in [-0.15, -0.1) is 19.0 Å². The molecule has 0 saturated carbocycles. The van der Waals surface area contributed by atoms with Crippen molar-refractivity contribution in [2.24, 2.45) is 0 Å². The quantitative estimate of drug-likeness (QED) is 0.307. The van der Waals surface area contributed by atoms with Crippen LogP contribution in [0.3, 0.4) is 0 Å². The van der Waals surface area contributed by atoms with Crippen molar-refractivity contribution in [1.82, 2.24) is 5.32 Å². The molecule has 4 rings (SSSR count). The van der Waals surface area contributed by atoms with Gasteiger partial charge in [0.1, 0.15) is 0 Å². The average Bonchev–Trinajstić information content (AvgIpc) is 2.54. The summed E-state index contributed by atoms with van der Waals surface area (Å²) in [5.74, 6) is 0. The largest absolute Gasteiger partial charge is 0.309 e. The number of benzene rings is 4. The van der Waals surface area contributed by atoms with Gasteiger partial charge >= 0.3 is 0 Å². The van der Waals surface area contributed by atoms with Crippen molar-refractivity contribution in [3.8, 4) is 0 Å². The molecule has 0 amide bonds. The summed E-state index contributed by atoms with van der Waals surface area (Å²) in [6.45, 7) is 5.47. The minimum atomic E-state index is 0. The maximum atomic E-state index is 3.76. The second kappa shape index (κ2) is 5.96. The second-order valence-electron chi connectivity index (χ2n) is 5.50. The maximum Gasteiger partial charge on any atom is 0.0214 e. The zero-order chi connectivity index (χ0) is 14.2. The summed E-state index contributed by atoms with van der Waals surface area (Å²) in [6, 6.07) is 19.9. The molecule has 0 aliphatic heterocycles. The summed E-state index contributed by atoms with van der Waals surface area (Å²) in [5.41, 5.74) is 1.35. The molecule has 0 fully saturated rings. The standard InChI is InChI=1S/C20H17N.ClH/c1-2-12-21-13-17-9-8-16-7-6-14-4-3-5-15-10-11-18(17)20(16)19(14)15;/h2-11,21H,1,12-13H2;1H. The normalized spacial score (nSPS) is 11.1. The second-order valence-corrected chi connectivity index (χ2v) is 5.50. The number of halogens is 1. The van der Waals surface area contributed by atoms with Gasteiger partial charge in [-0.25, -0.2) is 0 Å². The molecule has 4 aromatic rings. The zero-order valence-electron chi connectivity index (χ0n) is 12.3. The number of nitrogens with one attached hydrogen (secondary N) is 1. The molecule has 0 spiro atoms. The van der Waals surface area contributed by atoms with E-state index in [0.29, 0.717) is 0 Å². The molecule has 4 aromatic carbocycles. The zero-order valence-corrected chi connectivity index (χ0v) is 13.1.